The predicted octanol–water partition coefficient (Wildman–Crippen LogP) is 1.93. The topological polar surface area (TPSA) is 32.3 Å². The van der Waals surface area contributed by atoms with Crippen molar-refractivity contribution in [3.63, 3.8) is 0 Å². The summed E-state index contributed by atoms with van der Waals surface area (Å²) in [6.07, 6.45) is -4.15. The minimum Gasteiger partial charge on any atom is -0.342 e. The van der Waals surface area contributed by atoms with Crippen LogP contribution in [0.5, 0.6) is 0 Å². The summed E-state index contributed by atoms with van der Waals surface area (Å²) in [5, 5.41) is 2.44. The van der Waals surface area contributed by atoms with Crippen molar-refractivity contribution in [3.05, 3.63) is 0 Å². The molecule has 0 spiro atoms. The molecule has 0 radical (unpaired) electrons. The molecule has 0 saturated heterocycles. The van der Waals surface area contributed by atoms with Gasteiger partial charge in [0.15, 0.2) is 0 Å². The number of amides is 1. The van der Waals surface area contributed by atoms with Crippen LogP contribution in [-0.4, -0.2) is 41.7 Å². The average molecular weight is 252 g/mol. The van der Waals surface area contributed by atoms with Crippen LogP contribution in [0, 0.1) is 0 Å². The van der Waals surface area contributed by atoms with E-state index in [0.717, 1.165) is 0 Å². The van der Waals surface area contributed by atoms with Crippen molar-refractivity contribution in [1.82, 2.24) is 10.2 Å². The lowest BCUT2D eigenvalue weighted by Crippen LogP contribution is -2.54. The van der Waals surface area contributed by atoms with Crippen LogP contribution in [-0.2, 0) is 4.79 Å². The fraction of sp³-hybridized carbons (Fsp3) is 0.909. The Morgan fingerprint density at radius 3 is 2.12 bits per heavy atom. The summed E-state index contributed by atoms with van der Waals surface area (Å²) in [4.78, 5) is 13.4. The first-order chi connectivity index (χ1) is 7.77. The molecule has 17 heavy (non-hydrogen) atoms. The third kappa shape index (κ3) is 2.91. The Morgan fingerprint density at radius 1 is 1.35 bits per heavy atom. The summed E-state index contributed by atoms with van der Waals surface area (Å²) < 4.78 is 38.1. The van der Waals surface area contributed by atoms with E-state index in [0.29, 0.717) is 13.1 Å². The Bertz CT molecular complexity index is 283. The Hall–Kier alpha value is -0.780. The number of halogens is 3. The normalized spacial score (nSPS) is 19.9. The smallest absolute Gasteiger partial charge is 0.342 e. The largest absolute Gasteiger partial charge is 0.406 e. The molecule has 0 aromatic heterocycles. The van der Waals surface area contributed by atoms with E-state index in [2.05, 4.69) is 5.32 Å². The van der Waals surface area contributed by atoms with E-state index < -0.39 is 17.8 Å². The van der Waals surface area contributed by atoms with Crippen LogP contribution in [0.3, 0.4) is 0 Å². The van der Waals surface area contributed by atoms with Crippen molar-refractivity contribution in [2.75, 3.05) is 13.1 Å². The minimum atomic E-state index is -4.27. The number of carbonyl (C=O) groups is 1. The Labute approximate surface area is 99.4 Å². The number of nitrogens with one attached hydrogen (secondary N) is 1. The molecule has 0 aliphatic heterocycles. The Morgan fingerprint density at radius 2 is 1.82 bits per heavy atom. The second-order valence-electron chi connectivity index (χ2n) is 4.46. The van der Waals surface area contributed by atoms with Gasteiger partial charge in [0.05, 0.1) is 6.04 Å². The van der Waals surface area contributed by atoms with Gasteiger partial charge in [0, 0.05) is 13.1 Å². The van der Waals surface area contributed by atoms with Crippen molar-refractivity contribution in [2.24, 2.45) is 0 Å². The maximum atomic E-state index is 12.7. The summed E-state index contributed by atoms with van der Waals surface area (Å²) in [6, 6.07) is -0.793. The standard InChI is InChI=1S/C11H19F3N2O/c1-4-16(5-2)9(17)8(3)15-10(6-7-10)11(12,13)14/h8,15H,4-7H2,1-3H3. The van der Waals surface area contributed by atoms with Crippen molar-refractivity contribution >= 4 is 5.91 Å². The third-order valence-corrected chi connectivity index (χ3v) is 3.23. The number of likely N-dealkylation sites (N-methyl/N-ethyl adjacent to an activating group) is 1. The van der Waals surface area contributed by atoms with E-state index in [1.807, 2.05) is 13.8 Å². The van der Waals surface area contributed by atoms with Crippen LogP contribution < -0.4 is 5.32 Å². The van der Waals surface area contributed by atoms with Gasteiger partial charge < -0.3 is 4.90 Å². The molecule has 0 aromatic carbocycles. The van der Waals surface area contributed by atoms with Gasteiger partial charge in [-0.15, -0.1) is 0 Å². The SMILES string of the molecule is CCN(CC)C(=O)C(C)NC1(C(F)(F)F)CC1. The van der Waals surface area contributed by atoms with Crippen LogP contribution in [0.1, 0.15) is 33.6 Å². The van der Waals surface area contributed by atoms with Crippen molar-refractivity contribution in [1.29, 1.82) is 0 Å². The highest BCUT2D eigenvalue weighted by Crippen LogP contribution is 2.49. The first-order valence-corrected chi connectivity index (χ1v) is 5.90. The van der Waals surface area contributed by atoms with E-state index in [1.54, 1.807) is 0 Å². The zero-order chi connectivity index (χ0) is 13.3. The van der Waals surface area contributed by atoms with Gasteiger partial charge in [-0.05, 0) is 33.6 Å². The summed E-state index contributed by atoms with van der Waals surface area (Å²) >= 11 is 0. The van der Waals surface area contributed by atoms with E-state index in [9.17, 15) is 18.0 Å². The molecule has 1 saturated carbocycles. The molecule has 1 aliphatic rings. The van der Waals surface area contributed by atoms with Gasteiger partial charge in [-0.3, -0.25) is 10.1 Å². The molecule has 0 heterocycles. The molecule has 1 unspecified atom stereocenters. The van der Waals surface area contributed by atoms with Crippen LogP contribution in [0.25, 0.3) is 0 Å². The first kappa shape index (κ1) is 14.3. The van der Waals surface area contributed by atoms with E-state index in [1.165, 1.54) is 11.8 Å². The number of hydrogen-bond donors (Lipinski definition) is 1. The molecule has 1 amide bonds. The maximum absolute atomic E-state index is 12.7. The number of carbonyl (C=O) groups excluding carboxylic acids is 1. The average Bonchev–Trinajstić information content (AvgIpc) is 2.99. The van der Waals surface area contributed by atoms with E-state index in [4.69, 9.17) is 0 Å². The molecule has 100 valence electrons. The molecule has 0 bridgehead atoms. The van der Waals surface area contributed by atoms with E-state index in [-0.39, 0.29) is 18.7 Å². The van der Waals surface area contributed by atoms with Crippen LogP contribution in [0.2, 0.25) is 0 Å². The quantitative estimate of drug-likeness (QED) is 0.811. The summed E-state index contributed by atoms with van der Waals surface area (Å²) in [7, 11) is 0. The van der Waals surface area contributed by atoms with Crippen LogP contribution in [0.4, 0.5) is 13.2 Å². The molecular formula is C11H19F3N2O. The van der Waals surface area contributed by atoms with E-state index >= 15 is 0 Å². The zero-order valence-corrected chi connectivity index (χ0v) is 10.4. The minimum absolute atomic E-state index is 0.0619. The van der Waals surface area contributed by atoms with Crippen LogP contribution >= 0.6 is 0 Å². The lowest BCUT2D eigenvalue weighted by Gasteiger charge is -2.28. The highest BCUT2D eigenvalue weighted by Gasteiger charge is 2.63. The monoisotopic (exact) mass is 252 g/mol. The molecular weight excluding hydrogens is 233 g/mol. The molecule has 3 nitrogen and oxygen atoms in total. The predicted molar refractivity (Wildman–Crippen MR) is 58.5 cm³/mol. The summed E-state index contributed by atoms with van der Waals surface area (Å²) in [6.45, 7) is 6.14. The molecule has 0 aromatic rings. The molecule has 1 atom stereocenters. The van der Waals surface area contributed by atoms with Gasteiger partial charge in [-0.1, -0.05) is 0 Å². The number of rotatable bonds is 5. The van der Waals surface area contributed by atoms with Gasteiger partial charge in [0.2, 0.25) is 5.91 Å². The van der Waals surface area contributed by atoms with Gasteiger partial charge >= 0.3 is 6.18 Å². The fourth-order valence-corrected chi connectivity index (χ4v) is 1.92. The van der Waals surface area contributed by atoms with Gasteiger partial charge in [-0.2, -0.15) is 13.2 Å². The molecule has 1 rings (SSSR count). The number of nitrogens with zero attached hydrogens (tertiary/aromatic N) is 1. The molecule has 1 aliphatic carbocycles. The van der Waals surface area contributed by atoms with Crippen molar-refractivity contribution in [2.45, 2.75) is 51.4 Å². The summed E-state index contributed by atoms with van der Waals surface area (Å²) in [5.74, 6) is -0.273. The van der Waals surface area contributed by atoms with Gasteiger partial charge in [-0.25, -0.2) is 0 Å². The second kappa shape index (κ2) is 4.84. The lowest BCUT2D eigenvalue weighted by atomic mass is 10.2. The fourth-order valence-electron chi connectivity index (χ4n) is 1.92. The maximum Gasteiger partial charge on any atom is 0.406 e. The first-order valence-electron chi connectivity index (χ1n) is 5.90. The number of hydrogen-bond acceptors (Lipinski definition) is 2. The zero-order valence-electron chi connectivity index (χ0n) is 10.4. The van der Waals surface area contributed by atoms with Crippen LogP contribution in [0.15, 0.2) is 0 Å². The Kier molecular flexibility index (Phi) is 4.06. The molecule has 1 N–H and O–H groups in total. The highest BCUT2D eigenvalue weighted by molar-refractivity contribution is 5.81. The lowest BCUT2D eigenvalue weighted by molar-refractivity contribution is -0.169. The molecule has 1 fully saturated rings. The summed E-state index contributed by atoms with van der Waals surface area (Å²) in [5.41, 5.74) is -1.82. The third-order valence-electron chi connectivity index (χ3n) is 3.23. The van der Waals surface area contributed by atoms with Crippen molar-refractivity contribution < 1.29 is 18.0 Å². The highest BCUT2D eigenvalue weighted by atomic mass is 19.4. The molecule has 6 heteroatoms. The van der Waals surface area contributed by atoms with Crippen molar-refractivity contribution in [3.8, 4) is 0 Å². The van der Waals surface area contributed by atoms with Gasteiger partial charge in [0.1, 0.15) is 5.54 Å². The second-order valence-corrected chi connectivity index (χ2v) is 4.46. The Balaban J connectivity index is 2.61. The number of alkyl halides is 3. The van der Waals surface area contributed by atoms with Gasteiger partial charge in [0.25, 0.3) is 0 Å².